The second-order valence-electron chi connectivity index (χ2n) is 5.45. The van der Waals surface area contributed by atoms with Crippen LogP contribution in [0.15, 0.2) is 12.3 Å². The maximum atomic E-state index is 13.3. The maximum Gasteiger partial charge on any atom is 0.257 e. The Hall–Kier alpha value is -1.69. The van der Waals surface area contributed by atoms with Crippen LogP contribution in [0.1, 0.15) is 37.6 Å². The highest BCUT2D eigenvalue weighted by molar-refractivity contribution is 5.98. The van der Waals surface area contributed by atoms with E-state index in [0.717, 1.165) is 18.7 Å². The fourth-order valence-electron chi connectivity index (χ4n) is 1.84. The van der Waals surface area contributed by atoms with E-state index in [0.29, 0.717) is 12.4 Å². The van der Waals surface area contributed by atoms with Crippen molar-refractivity contribution < 1.29 is 14.3 Å². The average molecular weight is 283 g/mol. The van der Waals surface area contributed by atoms with E-state index in [1.807, 2.05) is 6.92 Å². The van der Waals surface area contributed by atoms with Gasteiger partial charge in [-0.3, -0.25) is 4.79 Å². The number of likely N-dealkylation sites (N-methyl/N-ethyl adjacent to an activating group) is 1. The monoisotopic (exact) mass is 283 g/mol. The summed E-state index contributed by atoms with van der Waals surface area (Å²) in [6, 6.07) is 1.16. The first-order chi connectivity index (χ1) is 9.24. The Morgan fingerprint density at radius 2 is 2.20 bits per heavy atom. The van der Waals surface area contributed by atoms with E-state index in [4.69, 9.17) is 0 Å². The minimum atomic E-state index is -1.01. The van der Waals surface area contributed by atoms with E-state index in [-0.39, 0.29) is 18.0 Å². The molecule has 2 N–H and O–H groups in total. The number of hydrogen-bond acceptors (Lipinski definition) is 4. The number of aromatic nitrogens is 1. The van der Waals surface area contributed by atoms with Crippen LogP contribution in [-0.4, -0.2) is 46.6 Å². The molecule has 1 aromatic rings. The molecule has 0 aliphatic heterocycles. The molecule has 0 radical (unpaired) electrons. The Labute approximate surface area is 118 Å². The molecule has 0 bridgehead atoms. The number of halogens is 1. The van der Waals surface area contributed by atoms with Crippen molar-refractivity contribution in [1.82, 2.24) is 9.88 Å². The Morgan fingerprint density at radius 3 is 2.75 bits per heavy atom. The highest BCUT2D eigenvalue weighted by Gasteiger charge is 2.23. The smallest absolute Gasteiger partial charge is 0.257 e. The van der Waals surface area contributed by atoms with Gasteiger partial charge in [-0.15, -0.1) is 0 Å². The average Bonchev–Trinajstić information content (AvgIpc) is 2.34. The van der Waals surface area contributed by atoms with Crippen LogP contribution in [0.3, 0.4) is 0 Å². The van der Waals surface area contributed by atoms with Gasteiger partial charge >= 0.3 is 0 Å². The van der Waals surface area contributed by atoms with Gasteiger partial charge in [0, 0.05) is 20.1 Å². The fraction of sp³-hybridized carbons (Fsp3) is 0.571. The number of nitrogens with zero attached hydrogens (tertiary/aromatic N) is 2. The first-order valence-electron chi connectivity index (χ1n) is 6.62. The summed E-state index contributed by atoms with van der Waals surface area (Å²) >= 11 is 0. The molecule has 1 heterocycles. The van der Waals surface area contributed by atoms with Gasteiger partial charge in [-0.2, -0.15) is 0 Å². The molecule has 0 atom stereocenters. The minimum Gasteiger partial charge on any atom is -0.389 e. The number of nitrogens with one attached hydrogen (secondary N) is 1. The van der Waals surface area contributed by atoms with Gasteiger partial charge in [-0.05, 0) is 26.3 Å². The maximum absolute atomic E-state index is 13.3. The van der Waals surface area contributed by atoms with Crippen LogP contribution < -0.4 is 5.32 Å². The first-order valence-corrected chi connectivity index (χ1v) is 6.62. The molecule has 0 saturated carbocycles. The van der Waals surface area contributed by atoms with Gasteiger partial charge in [0.1, 0.15) is 11.6 Å². The number of amides is 1. The summed E-state index contributed by atoms with van der Waals surface area (Å²) < 4.78 is 13.3. The lowest BCUT2D eigenvalue weighted by Crippen LogP contribution is -2.40. The molecule has 0 unspecified atom stereocenters. The van der Waals surface area contributed by atoms with Crippen molar-refractivity contribution in [3.63, 3.8) is 0 Å². The predicted molar refractivity (Wildman–Crippen MR) is 76.2 cm³/mol. The second-order valence-corrected chi connectivity index (χ2v) is 5.45. The zero-order valence-corrected chi connectivity index (χ0v) is 12.4. The van der Waals surface area contributed by atoms with Crippen LogP contribution in [-0.2, 0) is 0 Å². The lowest BCUT2D eigenvalue weighted by atomic mass is 10.1. The van der Waals surface area contributed by atoms with E-state index in [2.05, 4.69) is 10.3 Å². The number of pyridine rings is 1. The van der Waals surface area contributed by atoms with E-state index in [9.17, 15) is 14.3 Å². The number of carbonyl (C=O) groups excluding carboxylic acids is 1. The molecule has 20 heavy (non-hydrogen) atoms. The largest absolute Gasteiger partial charge is 0.389 e. The molecule has 0 aromatic carbocycles. The van der Waals surface area contributed by atoms with E-state index in [1.165, 1.54) is 4.90 Å². The Morgan fingerprint density at radius 1 is 1.55 bits per heavy atom. The molecule has 6 heteroatoms. The zero-order chi connectivity index (χ0) is 15.3. The number of rotatable bonds is 6. The summed E-state index contributed by atoms with van der Waals surface area (Å²) in [7, 11) is 1.56. The van der Waals surface area contributed by atoms with Gasteiger partial charge in [0.05, 0.1) is 17.4 Å². The van der Waals surface area contributed by atoms with Crippen molar-refractivity contribution in [3.05, 3.63) is 23.6 Å². The molecule has 0 aliphatic rings. The number of carbonyl (C=O) groups is 1. The summed E-state index contributed by atoms with van der Waals surface area (Å²) in [6.45, 7) is 6.00. The lowest BCUT2D eigenvalue weighted by Gasteiger charge is -2.26. The summed E-state index contributed by atoms with van der Waals surface area (Å²) in [5, 5.41) is 12.8. The van der Waals surface area contributed by atoms with E-state index in [1.54, 1.807) is 20.9 Å². The molecule has 5 nitrogen and oxygen atoms in total. The van der Waals surface area contributed by atoms with Crippen molar-refractivity contribution in [2.75, 3.05) is 25.5 Å². The van der Waals surface area contributed by atoms with Crippen molar-refractivity contribution in [1.29, 1.82) is 0 Å². The van der Waals surface area contributed by atoms with Crippen molar-refractivity contribution >= 4 is 11.7 Å². The third-order valence-corrected chi connectivity index (χ3v) is 2.60. The minimum absolute atomic E-state index is 0.148. The normalized spacial score (nSPS) is 11.3. The molecular formula is C14H22FN3O2. The highest BCUT2D eigenvalue weighted by Crippen LogP contribution is 2.17. The Kier molecular flexibility index (Phi) is 5.44. The SMILES string of the molecule is CCCNc1ncc(F)cc1C(=O)N(C)CC(C)(C)O. The molecule has 1 rings (SSSR count). The van der Waals surface area contributed by atoms with Gasteiger partial charge in [0.2, 0.25) is 0 Å². The van der Waals surface area contributed by atoms with E-state index < -0.39 is 11.4 Å². The van der Waals surface area contributed by atoms with Crippen LogP contribution >= 0.6 is 0 Å². The summed E-state index contributed by atoms with van der Waals surface area (Å²) in [6.07, 6.45) is 1.94. The van der Waals surface area contributed by atoms with Crippen LogP contribution in [0.2, 0.25) is 0 Å². The molecule has 0 aliphatic carbocycles. The molecule has 0 saturated heterocycles. The third kappa shape index (κ3) is 4.77. The zero-order valence-electron chi connectivity index (χ0n) is 12.4. The Bertz CT molecular complexity index is 472. The first kappa shape index (κ1) is 16.4. The highest BCUT2D eigenvalue weighted by atomic mass is 19.1. The Balaban J connectivity index is 2.98. The quantitative estimate of drug-likeness (QED) is 0.836. The van der Waals surface area contributed by atoms with Gasteiger partial charge in [-0.25, -0.2) is 9.37 Å². The summed E-state index contributed by atoms with van der Waals surface area (Å²) in [4.78, 5) is 17.6. The third-order valence-electron chi connectivity index (χ3n) is 2.60. The molecule has 1 aromatic heterocycles. The van der Waals surface area contributed by atoms with Crippen LogP contribution in [0.25, 0.3) is 0 Å². The number of hydrogen-bond donors (Lipinski definition) is 2. The molecular weight excluding hydrogens is 261 g/mol. The van der Waals surface area contributed by atoms with Crippen LogP contribution in [0.5, 0.6) is 0 Å². The number of anilines is 1. The van der Waals surface area contributed by atoms with Gasteiger partial charge in [0.25, 0.3) is 5.91 Å². The van der Waals surface area contributed by atoms with Crippen molar-refractivity contribution in [3.8, 4) is 0 Å². The molecule has 1 amide bonds. The molecule has 0 spiro atoms. The van der Waals surface area contributed by atoms with Gasteiger partial charge in [0.15, 0.2) is 0 Å². The summed E-state index contributed by atoms with van der Waals surface area (Å²) in [5.74, 6) is -0.578. The lowest BCUT2D eigenvalue weighted by molar-refractivity contribution is 0.0368. The van der Waals surface area contributed by atoms with Gasteiger partial charge in [-0.1, -0.05) is 6.92 Å². The summed E-state index contributed by atoms with van der Waals surface area (Å²) in [5.41, 5.74) is -0.840. The van der Waals surface area contributed by atoms with Crippen molar-refractivity contribution in [2.24, 2.45) is 0 Å². The van der Waals surface area contributed by atoms with E-state index >= 15 is 0 Å². The number of aliphatic hydroxyl groups is 1. The molecule has 112 valence electrons. The fourth-order valence-corrected chi connectivity index (χ4v) is 1.84. The second kappa shape index (κ2) is 6.65. The van der Waals surface area contributed by atoms with Crippen LogP contribution in [0, 0.1) is 5.82 Å². The standard InChI is InChI=1S/C14H22FN3O2/c1-5-6-16-12-11(7-10(15)8-17-12)13(19)18(4)9-14(2,3)20/h7-8,20H,5-6,9H2,1-4H3,(H,16,17). The predicted octanol–water partition coefficient (Wildman–Crippen LogP) is 1.89. The van der Waals surface area contributed by atoms with Crippen molar-refractivity contribution in [2.45, 2.75) is 32.8 Å². The van der Waals surface area contributed by atoms with Gasteiger partial charge < -0.3 is 15.3 Å². The topological polar surface area (TPSA) is 65.5 Å². The molecule has 0 fully saturated rings. The van der Waals surface area contributed by atoms with Crippen LogP contribution in [0.4, 0.5) is 10.2 Å².